The average Bonchev–Trinajstić information content (AvgIpc) is 3.15. The van der Waals surface area contributed by atoms with Gasteiger partial charge in [-0.25, -0.2) is 9.59 Å². The summed E-state index contributed by atoms with van der Waals surface area (Å²) in [6.07, 6.45) is -2.49. The van der Waals surface area contributed by atoms with Crippen molar-refractivity contribution >= 4 is 51.7 Å². The van der Waals surface area contributed by atoms with Gasteiger partial charge >= 0.3 is 18.0 Å². The number of phenols is 1. The molecule has 0 saturated heterocycles. The number of alkyl carbamates (subject to hydrolysis) is 1. The number of phenolic OH excluding ortho intramolecular Hbond substituents is 1. The van der Waals surface area contributed by atoms with E-state index in [4.69, 9.17) is 13.7 Å². The van der Waals surface area contributed by atoms with Crippen molar-refractivity contribution in [2.45, 2.75) is 75.8 Å². The molecule has 6 N–H and O–H groups in total. The zero-order valence-electron chi connectivity index (χ0n) is 32.0. The van der Waals surface area contributed by atoms with Crippen LogP contribution in [0.3, 0.4) is 0 Å². The number of methoxy groups -OCH3 is 1. The zero-order chi connectivity index (χ0) is 42.2. The van der Waals surface area contributed by atoms with Gasteiger partial charge in [0, 0.05) is 12.2 Å². The number of amides is 3. The van der Waals surface area contributed by atoms with Crippen molar-refractivity contribution in [2.24, 2.45) is 5.41 Å². The lowest BCUT2D eigenvalue weighted by molar-refractivity contribution is -0.147. The molecule has 16 nitrogen and oxygen atoms in total. The zero-order valence-corrected chi connectivity index (χ0v) is 33.6. The average molecular weight is 832 g/mol. The minimum atomic E-state index is -4.18. The van der Waals surface area contributed by atoms with Gasteiger partial charge in [0.15, 0.2) is 0 Å². The van der Waals surface area contributed by atoms with Crippen LogP contribution in [-0.4, -0.2) is 96.4 Å². The molecule has 310 valence electrons. The Morgan fingerprint density at radius 2 is 1.40 bits per heavy atom. The molecule has 0 radical (unpaired) electrons. The number of benzene rings is 3. The number of rotatable bonds is 22. The lowest BCUT2D eigenvalue weighted by Gasteiger charge is -2.29. The first kappa shape index (κ1) is 46.1. The van der Waals surface area contributed by atoms with E-state index in [1.807, 2.05) is 0 Å². The first-order valence-electron chi connectivity index (χ1n) is 17.8. The van der Waals surface area contributed by atoms with Crippen molar-refractivity contribution in [1.29, 1.82) is 0 Å². The molecule has 57 heavy (non-hydrogen) atoms. The molecule has 1 unspecified atom stereocenters. The van der Waals surface area contributed by atoms with Gasteiger partial charge in [-0.1, -0.05) is 75.4 Å². The Bertz CT molecular complexity index is 1900. The second kappa shape index (κ2) is 21.8. The molecule has 0 heterocycles. The molecule has 18 heteroatoms. The number of ether oxygens (including phenoxy) is 2. The Balaban J connectivity index is 2.02. The van der Waals surface area contributed by atoms with Gasteiger partial charge in [0.05, 0.1) is 31.9 Å². The lowest BCUT2D eigenvalue weighted by atomic mass is 9.99. The maximum Gasteiger partial charge on any atom is 0.407 e. The number of carbonyl (C=O) groups excluding carboxylic acids is 3. The highest BCUT2D eigenvalue weighted by molar-refractivity contribution is 7.99. The van der Waals surface area contributed by atoms with E-state index < -0.39 is 80.9 Å². The first-order valence-corrected chi connectivity index (χ1v) is 20.4. The van der Waals surface area contributed by atoms with Gasteiger partial charge in [0.25, 0.3) is 10.1 Å². The van der Waals surface area contributed by atoms with E-state index in [0.29, 0.717) is 16.9 Å². The van der Waals surface area contributed by atoms with Crippen LogP contribution in [0.1, 0.15) is 50.3 Å². The van der Waals surface area contributed by atoms with Crippen molar-refractivity contribution in [3.05, 3.63) is 95.6 Å². The lowest BCUT2D eigenvalue weighted by Crippen LogP contribution is -2.57. The highest BCUT2D eigenvalue weighted by Crippen LogP contribution is 2.26. The van der Waals surface area contributed by atoms with E-state index in [-0.39, 0.29) is 37.6 Å². The molecule has 0 aliphatic rings. The van der Waals surface area contributed by atoms with Crippen molar-refractivity contribution < 1.29 is 61.4 Å². The number of carboxylic acid groups (broad SMARTS) is 2. The molecule has 0 aliphatic carbocycles. The quantitative estimate of drug-likeness (QED) is 0.0789. The van der Waals surface area contributed by atoms with Gasteiger partial charge in [0.1, 0.15) is 35.4 Å². The highest BCUT2D eigenvalue weighted by atomic mass is 32.2. The van der Waals surface area contributed by atoms with Crippen LogP contribution in [0, 0.1) is 5.41 Å². The number of aromatic hydroxyl groups is 1. The minimum absolute atomic E-state index is 0.0827. The van der Waals surface area contributed by atoms with Crippen LogP contribution in [0.15, 0.2) is 78.9 Å². The number of aliphatic carboxylic acids is 2. The molecule has 3 rings (SSSR count). The van der Waals surface area contributed by atoms with E-state index in [2.05, 4.69) is 16.0 Å². The van der Waals surface area contributed by atoms with E-state index in [0.717, 1.165) is 17.3 Å². The molecule has 0 spiro atoms. The second-order valence-electron chi connectivity index (χ2n) is 14.2. The maximum absolute atomic E-state index is 14.5. The molecule has 0 aromatic heterocycles. The first-order chi connectivity index (χ1) is 26.8. The normalized spacial score (nSPS) is 13.6. The molecule has 3 aromatic rings. The molecule has 4 atom stereocenters. The topological polar surface area (TPSA) is 244 Å². The standard InChI is InChI=1S/C39H49N3O13S2/c1-39(2,3)24-55-57(51,52)19-18-30(42-38(50)54-22-26-8-6-5-7-9-26)34(56-23-27-12-16-29(53-4)17-13-27)36(47)40-31(20-25-10-14-28(43)15-11-25)35(46)41-32(37(48)49)21-33(44)45/h5-17,30-32,34,43H,18-24H2,1-4H3,(H,40,47)(H,41,46)(H,42,50)(H,44,45)(H,48,49)/t30-,31+,32+,34?/m1/s1. The van der Waals surface area contributed by atoms with Gasteiger partial charge in [-0.05, 0) is 52.8 Å². The fourth-order valence-corrected chi connectivity index (χ4v) is 7.49. The van der Waals surface area contributed by atoms with Crippen LogP contribution in [-0.2, 0) is 57.0 Å². The summed E-state index contributed by atoms with van der Waals surface area (Å²) in [5, 5.41) is 34.8. The van der Waals surface area contributed by atoms with E-state index in [1.54, 1.807) is 75.4 Å². The number of thioether (sulfide) groups is 1. The van der Waals surface area contributed by atoms with Gasteiger partial charge in [-0.15, -0.1) is 11.8 Å². The predicted molar refractivity (Wildman–Crippen MR) is 211 cm³/mol. The van der Waals surface area contributed by atoms with Gasteiger partial charge in [-0.3, -0.25) is 18.6 Å². The second-order valence-corrected chi connectivity index (χ2v) is 17.1. The van der Waals surface area contributed by atoms with Crippen molar-refractivity contribution in [3.8, 4) is 11.5 Å². The van der Waals surface area contributed by atoms with Gasteiger partial charge < -0.3 is 40.7 Å². The predicted octanol–water partition coefficient (Wildman–Crippen LogP) is 3.85. The SMILES string of the molecule is COc1ccc(CSC(C(=O)N[C@@H](Cc2ccc(O)cc2)C(=O)N[C@@H](CC(=O)O)C(=O)O)[C@@H](CCS(=O)(=O)OCC(C)(C)C)NC(=O)OCc2ccccc2)cc1. The molecule has 0 fully saturated rings. The van der Waals surface area contributed by atoms with Crippen molar-refractivity contribution in [3.63, 3.8) is 0 Å². The summed E-state index contributed by atoms with van der Waals surface area (Å²) < 4.78 is 42.1. The maximum atomic E-state index is 14.5. The Hall–Kier alpha value is -5.33. The van der Waals surface area contributed by atoms with Crippen molar-refractivity contribution in [2.75, 3.05) is 19.5 Å². The molecular formula is C39H49N3O13S2. The third-order valence-electron chi connectivity index (χ3n) is 8.08. The van der Waals surface area contributed by atoms with Crippen molar-refractivity contribution in [1.82, 2.24) is 16.0 Å². The molecule has 0 saturated carbocycles. The van der Waals surface area contributed by atoms with Crippen LogP contribution < -0.4 is 20.7 Å². The fraction of sp³-hybridized carbons (Fsp3) is 0.410. The summed E-state index contributed by atoms with van der Waals surface area (Å²) in [5.74, 6) is -4.97. The van der Waals surface area contributed by atoms with Crippen LogP contribution in [0.25, 0.3) is 0 Å². The summed E-state index contributed by atoms with van der Waals surface area (Å²) in [5.41, 5.74) is 1.32. The molecule has 0 aliphatic heterocycles. The summed E-state index contributed by atoms with van der Waals surface area (Å²) in [6.45, 7) is 5.10. The van der Waals surface area contributed by atoms with Gasteiger partial charge in [-0.2, -0.15) is 8.42 Å². The third kappa shape index (κ3) is 17.1. The summed E-state index contributed by atoms with van der Waals surface area (Å²) in [6, 6.07) is 16.7. The Kier molecular flexibility index (Phi) is 17.6. The number of hydrogen-bond acceptors (Lipinski definition) is 12. The van der Waals surface area contributed by atoms with E-state index in [1.165, 1.54) is 31.4 Å². The molecule has 3 amide bonds. The van der Waals surface area contributed by atoms with Crippen LogP contribution in [0.2, 0.25) is 0 Å². The number of carboxylic acids is 2. The molecule has 0 bridgehead atoms. The smallest absolute Gasteiger partial charge is 0.407 e. The summed E-state index contributed by atoms with van der Waals surface area (Å²) >= 11 is 1.02. The summed E-state index contributed by atoms with van der Waals surface area (Å²) in [4.78, 5) is 64.6. The van der Waals surface area contributed by atoms with Gasteiger partial charge in [0.2, 0.25) is 11.8 Å². The fourth-order valence-electron chi connectivity index (χ4n) is 5.07. The van der Waals surface area contributed by atoms with E-state index >= 15 is 0 Å². The summed E-state index contributed by atoms with van der Waals surface area (Å²) in [7, 11) is -2.68. The largest absolute Gasteiger partial charge is 0.508 e. The Morgan fingerprint density at radius 3 is 1.98 bits per heavy atom. The van der Waals surface area contributed by atoms with Crippen LogP contribution in [0.5, 0.6) is 11.5 Å². The van der Waals surface area contributed by atoms with Crippen LogP contribution >= 0.6 is 11.8 Å². The Morgan fingerprint density at radius 1 is 0.789 bits per heavy atom. The number of hydrogen-bond donors (Lipinski definition) is 6. The number of carbonyl (C=O) groups is 5. The van der Waals surface area contributed by atoms with Crippen LogP contribution in [0.4, 0.5) is 4.79 Å². The Labute approximate surface area is 335 Å². The molecule has 3 aromatic carbocycles. The minimum Gasteiger partial charge on any atom is -0.508 e. The third-order valence-corrected chi connectivity index (χ3v) is 10.7. The number of nitrogens with one attached hydrogen (secondary N) is 3. The molecular weight excluding hydrogens is 783 g/mol. The van der Waals surface area contributed by atoms with E-state index in [9.17, 15) is 47.7 Å². The highest BCUT2D eigenvalue weighted by Gasteiger charge is 2.36. The monoisotopic (exact) mass is 831 g/mol.